The second-order valence-corrected chi connectivity index (χ2v) is 29.2. The van der Waals surface area contributed by atoms with Crippen molar-refractivity contribution in [1.82, 2.24) is 0 Å². The van der Waals surface area contributed by atoms with Gasteiger partial charge in [-0.1, -0.05) is 273 Å². The first-order chi connectivity index (χ1) is 48.6. The van der Waals surface area contributed by atoms with E-state index in [1.165, 1.54) is 139 Å². The molecule has 0 radical (unpaired) electrons. The SMILES string of the molecule is CC1(C)OB(c2ccc3c(c2)C2(c4ccccc4-c4ccccc42)c2ccccc2-3)OC1(C)Cc1ccc2c(c1)C1(c3ccccc3-c3ccccc31)c1cc(-c3ccc4c(c3)oc(=O)c3cc(-c5ccc6c(c5)C5(c7ccccc7-c7ccccc75)c5ccccc5-6)ccc34)ccc1-2. The predicted molar refractivity (Wildman–Crippen MR) is 400 cm³/mol. The molecule has 99 heavy (non-hydrogen) atoms. The molecule has 1 fully saturated rings. The Bertz CT molecular complexity index is 6050. The Balaban J connectivity index is 0.618. The monoisotopic (exact) mass is 1260 g/mol. The maximum atomic E-state index is 14.6. The van der Waals surface area contributed by atoms with E-state index in [2.05, 4.69) is 318 Å². The number of fused-ring (bicyclic) bond motifs is 33. The minimum Gasteiger partial charge on any atom is -0.422 e. The van der Waals surface area contributed by atoms with Crippen LogP contribution < -0.4 is 11.1 Å². The fourth-order valence-corrected chi connectivity index (χ4v) is 19.9. The van der Waals surface area contributed by atoms with Gasteiger partial charge in [0.2, 0.25) is 0 Å². The van der Waals surface area contributed by atoms with Crippen LogP contribution in [0.5, 0.6) is 0 Å². The summed E-state index contributed by atoms with van der Waals surface area (Å²) < 4.78 is 21.1. The van der Waals surface area contributed by atoms with Crippen LogP contribution in [0.2, 0.25) is 0 Å². The van der Waals surface area contributed by atoms with E-state index in [4.69, 9.17) is 13.7 Å². The fourth-order valence-electron chi connectivity index (χ4n) is 19.9. The van der Waals surface area contributed by atoms with Crippen molar-refractivity contribution in [2.75, 3.05) is 0 Å². The Morgan fingerprint density at radius 2 is 0.606 bits per heavy atom. The lowest BCUT2D eigenvalue weighted by Crippen LogP contribution is -2.46. The quantitative estimate of drug-likeness (QED) is 0.0979. The molecule has 0 N–H and O–H groups in total. The molecular formula is C94H61BO4. The van der Waals surface area contributed by atoms with Crippen molar-refractivity contribution in [2.24, 2.45) is 0 Å². The van der Waals surface area contributed by atoms with E-state index in [0.717, 1.165) is 38.5 Å². The largest absolute Gasteiger partial charge is 0.494 e. The normalized spacial score (nSPS) is 17.4. The zero-order valence-electron chi connectivity index (χ0n) is 54.8. The van der Waals surface area contributed by atoms with Crippen molar-refractivity contribution in [3.63, 3.8) is 0 Å². The molecule has 2 heterocycles. The van der Waals surface area contributed by atoms with Crippen molar-refractivity contribution in [1.29, 1.82) is 0 Å². The van der Waals surface area contributed by atoms with Crippen LogP contribution in [0.15, 0.2) is 313 Å². The van der Waals surface area contributed by atoms with Gasteiger partial charge < -0.3 is 13.7 Å². The van der Waals surface area contributed by atoms with E-state index < -0.39 is 34.6 Å². The molecule has 7 aliphatic rings. The van der Waals surface area contributed by atoms with Gasteiger partial charge in [0.1, 0.15) is 5.58 Å². The molecule has 15 aromatic rings. The lowest BCUT2D eigenvalue weighted by atomic mass is 9.68. The molecule has 1 saturated heterocycles. The van der Waals surface area contributed by atoms with E-state index in [-0.39, 0.29) is 5.63 Å². The standard InChI is InChI=1S/C94H61BO4/c1-90(2)91(3,99-95(98-90)60-41-47-73-69-27-11-17-33-81(69)93(87(73)53-60)78-30-14-6-22-64(78)65-23-7-15-31-79(65)93)54-55-36-42-70-72-45-39-58(51-86(72)94(84(70)48-55)82-34-18-8-24-66(82)67-25-9-19-35-83(67)94)59-40-46-74-61-43-37-56(49-75(61)89(96)97-88(74)52-59)57-38-44-71-68-26-10-16-32-80(68)92(85(71)50-57)76-28-12-4-20-62(76)63-21-5-13-29-77(63)92/h4-53H,54H2,1-3H3. The second-order valence-electron chi connectivity index (χ2n) is 29.2. The highest BCUT2D eigenvalue weighted by Crippen LogP contribution is 2.67. The van der Waals surface area contributed by atoms with Gasteiger partial charge in [0.25, 0.3) is 0 Å². The van der Waals surface area contributed by atoms with Gasteiger partial charge in [-0.15, -0.1) is 0 Å². The Kier molecular flexibility index (Phi) is 10.9. The Morgan fingerprint density at radius 3 is 1.04 bits per heavy atom. The molecule has 5 heteroatoms. The maximum absolute atomic E-state index is 14.6. The summed E-state index contributed by atoms with van der Waals surface area (Å²) in [5.41, 5.74) is 34.0. The molecule has 4 nitrogen and oxygen atoms in total. The third-order valence-corrected chi connectivity index (χ3v) is 24.4. The van der Waals surface area contributed by atoms with E-state index in [9.17, 15) is 4.79 Å². The fraction of sp³-hybridized carbons (Fsp3) is 0.0957. The molecule has 464 valence electrons. The molecular weight excluding hydrogens is 1200 g/mol. The van der Waals surface area contributed by atoms with Crippen LogP contribution in [-0.4, -0.2) is 18.3 Å². The van der Waals surface area contributed by atoms with Gasteiger partial charge in [-0.2, -0.15) is 0 Å². The van der Waals surface area contributed by atoms with Gasteiger partial charge in [-0.3, -0.25) is 0 Å². The zero-order chi connectivity index (χ0) is 65.5. The minimum absolute atomic E-state index is 0.356. The number of hydrogen-bond acceptors (Lipinski definition) is 4. The molecule has 0 amide bonds. The summed E-state index contributed by atoms with van der Waals surface area (Å²) in [6.45, 7) is 6.64. The van der Waals surface area contributed by atoms with Gasteiger partial charge in [-0.05, 0) is 223 Å². The van der Waals surface area contributed by atoms with Crippen LogP contribution in [0.25, 0.3) is 111 Å². The maximum Gasteiger partial charge on any atom is 0.494 e. The smallest absolute Gasteiger partial charge is 0.422 e. The molecule has 1 aromatic heterocycles. The van der Waals surface area contributed by atoms with E-state index in [0.29, 0.717) is 17.4 Å². The first-order valence-electron chi connectivity index (χ1n) is 34.8. The summed E-state index contributed by atoms with van der Waals surface area (Å²) in [5, 5.41) is 2.32. The first-order valence-corrected chi connectivity index (χ1v) is 34.8. The molecule has 14 aromatic carbocycles. The number of benzene rings is 14. The Hall–Kier alpha value is -11.5. The molecule has 1 aliphatic heterocycles. The molecule has 0 saturated carbocycles. The van der Waals surface area contributed by atoms with Crippen LogP contribution in [0, 0.1) is 0 Å². The third kappa shape index (κ3) is 6.94. The Labute approximate surface area is 574 Å². The van der Waals surface area contributed by atoms with Gasteiger partial charge in [0, 0.05) is 11.8 Å². The van der Waals surface area contributed by atoms with Crippen molar-refractivity contribution in [3.05, 3.63) is 386 Å². The summed E-state index contributed by atoms with van der Waals surface area (Å²) in [5.74, 6) is 0. The minimum atomic E-state index is -0.718. The van der Waals surface area contributed by atoms with Crippen LogP contribution in [0.1, 0.15) is 93.1 Å². The lowest BCUT2D eigenvalue weighted by Gasteiger charge is -2.37. The van der Waals surface area contributed by atoms with Gasteiger partial charge >= 0.3 is 12.7 Å². The zero-order valence-corrected chi connectivity index (χ0v) is 54.8. The second kappa shape index (κ2) is 19.4. The lowest BCUT2D eigenvalue weighted by molar-refractivity contribution is -0.00878. The number of rotatable bonds is 5. The van der Waals surface area contributed by atoms with Gasteiger partial charge in [-0.25, -0.2) is 4.79 Å². The van der Waals surface area contributed by atoms with Crippen molar-refractivity contribution < 1.29 is 13.7 Å². The summed E-state index contributed by atoms with van der Waals surface area (Å²) in [6.07, 6.45) is 0.624. The first kappa shape index (κ1) is 55.6. The van der Waals surface area contributed by atoms with Gasteiger partial charge in [0.15, 0.2) is 0 Å². The summed E-state index contributed by atoms with van der Waals surface area (Å²) in [4.78, 5) is 14.6. The van der Waals surface area contributed by atoms with Gasteiger partial charge in [0.05, 0.1) is 32.8 Å². The molecule has 22 rings (SSSR count). The van der Waals surface area contributed by atoms with Crippen LogP contribution >= 0.6 is 0 Å². The van der Waals surface area contributed by atoms with Crippen molar-refractivity contribution in [2.45, 2.75) is 54.6 Å². The highest BCUT2D eigenvalue weighted by molar-refractivity contribution is 6.62. The van der Waals surface area contributed by atoms with Crippen LogP contribution in [-0.2, 0) is 32.0 Å². The highest BCUT2D eigenvalue weighted by atomic mass is 16.7. The Morgan fingerprint density at radius 1 is 0.283 bits per heavy atom. The van der Waals surface area contributed by atoms with E-state index in [1.807, 2.05) is 6.07 Å². The summed E-state index contributed by atoms with van der Waals surface area (Å²) in [7, 11) is -0.598. The van der Waals surface area contributed by atoms with Crippen LogP contribution in [0.3, 0.4) is 0 Å². The molecule has 1 unspecified atom stereocenters. The van der Waals surface area contributed by atoms with Crippen molar-refractivity contribution in [3.8, 4) is 89.0 Å². The topological polar surface area (TPSA) is 48.7 Å². The summed E-state index contributed by atoms with van der Waals surface area (Å²) >= 11 is 0. The van der Waals surface area contributed by atoms with E-state index in [1.54, 1.807) is 0 Å². The third-order valence-electron chi connectivity index (χ3n) is 24.4. The molecule has 1 atom stereocenters. The number of hydrogen-bond donors (Lipinski definition) is 0. The molecule has 3 spiro atoms. The predicted octanol–water partition coefficient (Wildman–Crippen LogP) is 20.8. The van der Waals surface area contributed by atoms with Crippen molar-refractivity contribution >= 4 is 34.3 Å². The average molecular weight is 1270 g/mol. The highest BCUT2D eigenvalue weighted by Gasteiger charge is 2.58. The molecule has 6 aliphatic carbocycles. The van der Waals surface area contributed by atoms with Crippen LogP contribution in [0.4, 0.5) is 0 Å². The average Bonchev–Trinajstić information content (AvgIpc) is 1.52. The molecule has 0 bridgehead atoms. The van der Waals surface area contributed by atoms with E-state index >= 15 is 0 Å². The summed E-state index contributed by atoms with van der Waals surface area (Å²) in [6, 6.07) is 112.